The van der Waals surface area contributed by atoms with Gasteiger partial charge in [-0.05, 0) is 20.8 Å². The highest BCUT2D eigenvalue weighted by Gasteiger charge is 2.25. The summed E-state index contributed by atoms with van der Waals surface area (Å²) in [4.78, 5) is 21.9. The molecule has 14 heavy (non-hydrogen) atoms. The number of primary amides is 1. The first-order valence-electron chi connectivity index (χ1n) is 4.40. The predicted molar refractivity (Wildman–Crippen MR) is 52.5 cm³/mol. The summed E-state index contributed by atoms with van der Waals surface area (Å²) in [5, 5.41) is 2.96. The van der Waals surface area contributed by atoms with E-state index in [-0.39, 0.29) is 12.0 Å². The first kappa shape index (κ1) is 12.9. The van der Waals surface area contributed by atoms with Gasteiger partial charge in [0.15, 0.2) is 0 Å². The van der Waals surface area contributed by atoms with Gasteiger partial charge in [-0.2, -0.15) is 0 Å². The first-order valence-corrected chi connectivity index (χ1v) is 4.40. The van der Waals surface area contributed by atoms with Crippen molar-refractivity contribution in [3.05, 3.63) is 0 Å². The van der Waals surface area contributed by atoms with Crippen LogP contribution in [0.1, 0.15) is 27.2 Å². The van der Waals surface area contributed by atoms with Gasteiger partial charge < -0.3 is 10.5 Å². The molecule has 0 radical (unpaired) electrons. The molecule has 0 aromatic rings. The van der Waals surface area contributed by atoms with E-state index in [1.54, 1.807) is 0 Å². The lowest BCUT2D eigenvalue weighted by Crippen LogP contribution is -2.49. The zero-order chi connectivity index (χ0) is 11.4. The Labute approximate surface area is 84.0 Å². The smallest absolute Gasteiger partial charge is 0.323 e. The van der Waals surface area contributed by atoms with Crippen molar-refractivity contribution >= 4 is 11.9 Å². The summed E-state index contributed by atoms with van der Waals surface area (Å²) in [6.07, 6.45) is -0.0516. The van der Waals surface area contributed by atoms with Gasteiger partial charge in [-0.15, -0.1) is 0 Å². The van der Waals surface area contributed by atoms with Gasteiger partial charge >= 0.3 is 5.97 Å². The van der Waals surface area contributed by atoms with Crippen molar-refractivity contribution in [2.75, 3.05) is 7.11 Å². The Kier molecular flexibility index (Phi) is 4.56. The Bertz CT molecular complexity index is 221. The van der Waals surface area contributed by atoms with E-state index < -0.39 is 17.9 Å². The summed E-state index contributed by atoms with van der Waals surface area (Å²) in [5.74, 6) is -1.00. The second-order valence-corrected chi connectivity index (χ2v) is 4.14. The van der Waals surface area contributed by atoms with Gasteiger partial charge in [-0.1, -0.05) is 0 Å². The van der Waals surface area contributed by atoms with E-state index >= 15 is 0 Å². The molecule has 0 rings (SSSR count). The monoisotopic (exact) mass is 202 g/mol. The molecule has 0 aromatic heterocycles. The molecular formula is C9H18N2O3. The molecule has 0 saturated carbocycles. The van der Waals surface area contributed by atoms with Crippen molar-refractivity contribution in [1.29, 1.82) is 0 Å². The van der Waals surface area contributed by atoms with Gasteiger partial charge in [0.05, 0.1) is 13.5 Å². The molecule has 0 bridgehead atoms. The van der Waals surface area contributed by atoms with Crippen LogP contribution in [-0.4, -0.2) is 30.6 Å². The van der Waals surface area contributed by atoms with Crippen LogP contribution in [0.15, 0.2) is 0 Å². The number of amides is 1. The van der Waals surface area contributed by atoms with Crippen molar-refractivity contribution in [2.24, 2.45) is 5.73 Å². The average molecular weight is 202 g/mol. The minimum absolute atomic E-state index is 0.0516. The molecule has 5 nitrogen and oxygen atoms in total. The van der Waals surface area contributed by atoms with Gasteiger partial charge in [0, 0.05) is 5.54 Å². The summed E-state index contributed by atoms with van der Waals surface area (Å²) >= 11 is 0. The summed E-state index contributed by atoms with van der Waals surface area (Å²) < 4.78 is 4.55. The molecule has 0 aliphatic heterocycles. The van der Waals surface area contributed by atoms with Crippen LogP contribution in [0.4, 0.5) is 0 Å². The summed E-state index contributed by atoms with van der Waals surface area (Å²) in [7, 11) is 1.28. The Hall–Kier alpha value is -1.10. The van der Waals surface area contributed by atoms with E-state index in [1.807, 2.05) is 20.8 Å². The molecule has 0 heterocycles. The number of ether oxygens (including phenoxy) is 1. The highest BCUT2D eigenvalue weighted by molar-refractivity contribution is 5.84. The van der Waals surface area contributed by atoms with Crippen molar-refractivity contribution in [3.8, 4) is 0 Å². The van der Waals surface area contributed by atoms with E-state index in [0.717, 1.165) is 0 Å². The van der Waals surface area contributed by atoms with Crippen molar-refractivity contribution in [3.63, 3.8) is 0 Å². The molecular weight excluding hydrogens is 184 g/mol. The molecule has 0 saturated heterocycles. The third kappa shape index (κ3) is 5.53. The Morgan fingerprint density at radius 3 is 2.21 bits per heavy atom. The van der Waals surface area contributed by atoms with Crippen LogP contribution in [-0.2, 0) is 14.3 Å². The number of hydrogen-bond donors (Lipinski definition) is 2. The Morgan fingerprint density at radius 1 is 1.43 bits per heavy atom. The molecule has 1 amide bonds. The van der Waals surface area contributed by atoms with E-state index in [9.17, 15) is 9.59 Å². The number of methoxy groups -OCH3 is 1. The predicted octanol–water partition coefficient (Wildman–Crippen LogP) is -0.208. The van der Waals surface area contributed by atoms with Gasteiger partial charge in [0.1, 0.15) is 6.04 Å². The molecule has 3 N–H and O–H groups in total. The van der Waals surface area contributed by atoms with E-state index in [2.05, 4.69) is 10.1 Å². The standard InChI is InChI=1S/C9H18N2O3/c1-9(2,3)11-6(5-7(10)12)8(13)14-4/h6,11H,5H2,1-4H3,(H2,10,12)/t6-/m0/s1. The van der Waals surface area contributed by atoms with E-state index in [0.29, 0.717) is 0 Å². The second kappa shape index (κ2) is 4.95. The lowest BCUT2D eigenvalue weighted by Gasteiger charge is -2.26. The fourth-order valence-electron chi connectivity index (χ4n) is 1.06. The zero-order valence-electron chi connectivity index (χ0n) is 9.09. The summed E-state index contributed by atoms with van der Waals surface area (Å²) in [6, 6.07) is -0.669. The largest absolute Gasteiger partial charge is 0.468 e. The topological polar surface area (TPSA) is 81.4 Å². The molecule has 1 atom stereocenters. The van der Waals surface area contributed by atoms with E-state index in [4.69, 9.17) is 5.73 Å². The van der Waals surface area contributed by atoms with Gasteiger partial charge in [-0.25, -0.2) is 0 Å². The molecule has 82 valence electrons. The molecule has 0 fully saturated rings. The normalized spacial score (nSPS) is 13.4. The quantitative estimate of drug-likeness (QED) is 0.618. The molecule has 0 aliphatic rings. The van der Waals surface area contributed by atoms with Crippen LogP contribution >= 0.6 is 0 Å². The van der Waals surface area contributed by atoms with Crippen LogP contribution in [0.3, 0.4) is 0 Å². The fourth-order valence-corrected chi connectivity index (χ4v) is 1.06. The maximum Gasteiger partial charge on any atom is 0.323 e. The number of hydrogen-bond acceptors (Lipinski definition) is 4. The van der Waals surface area contributed by atoms with Crippen LogP contribution in [0, 0.1) is 0 Å². The van der Waals surface area contributed by atoms with Gasteiger partial charge in [0.2, 0.25) is 5.91 Å². The number of nitrogens with one attached hydrogen (secondary N) is 1. The maximum atomic E-state index is 11.2. The van der Waals surface area contributed by atoms with Gasteiger partial charge in [-0.3, -0.25) is 14.9 Å². The number of carbonyl (C=O) groups is 2. The Balaban J connectivity index is 4.40. The molecule has 0 aromatic carbocycles. The minimum atomic E-state index is -0.669. The lowest BCUT2D eigenvalue weighted by atomic mass is 10.1. The maximum absolute atomic E-state index is 11.2. The first-order chi connectivity index (χ1) is 6.26. The number of carbonyl (C=O) groups excluding carboxylic acids is 2. The minimum Gasteiger partial charge on any atom is -0.468 e. The average Bonchev–Trinajstić information content (AvgIpc) is 1.98. The highest BCUT2D eigenvalue weighted by Crippen LogP contribution is 2.04. The second-order valence-electron chi connectivity index (χ2n) is 4.14. The molecule has 0 aliphatic carbocycles. The van der Waals surface area contributed by atoms with Crippen molar-refractivity contribution in [2.45, 2.75) is 38.8 Å². The third-order valence-corrected chi connectivity index (χ3v) is 1.50. The number of esters is 1. The molecule has 5 heteroatoms. The third-order valence-electron chi connectivity index (χ3n) is 1.50. The van der Waals surface area contributed by atoms with Crippen molar-refractivity contribution < 1.29 is 14.3 Å². The van der Waals surface area contributed by atoms with Crippen LogP contribution in [0.2, 0.25) is 0 Å². The van der Waals surface area contributed by atoms with Gasteiger partial charge in [0.25, 0.3) is 0 Å². The molecule has 0 spiro atoms. The van der Waals surface area contributed by atoms with Crippen LogP contribution in [0.25, 0.3) is 0 Å². The number of rotatable bonds is 4. The van der Waals surface area contributed by atoms with E-state index in [1.165, 1.54) is 7.11 Å². The zero-order valence-corrected chi connectivity index (χ0v) is 9.09. The van der Waals surface area contributed by atoms with Crippen molar-refractivity contribution in [1.82, 2.24) is 5.32 Å². The summed E-state index contributed by atoms with van der Waals surface area (Å²) in [5.41, 5.74) is 4.75. The highest BCUT2D eigenvalue weighted by atomic mass is 16.5. The Morgan fingerprint density at radius 2 is 1.93 bits per heavy atom. The van der Waals surface area contributed by atoms with Crippen LogP contribution < -0.4 is 11.1 Å². The summed E-state index contributed by atoms with van der Waals surface area (Å²) in [6.45, 7) is 5.68. The SMILES string of the molecule is COC(=O)[C@H](CC(N)=O)NC(C)(C)C. The van der Waals surface area contributed by atoms with Crippen LogP contribution in [0.5, 0.6) is 0 Å². The fraction of sp³-hybridized carbons (Fsp3) is 0.778. The number of nitrogens with two attached hydrogens (primary N) is 1. The lowest BCUT2D eigenvalue weighted by molar-refractivity contribution is -0.145. The molecule has 0 unspecified atom stereocenters.